The van der Waals surface area contributed by atoms with Crippen molar-refractivity contribution >= 4 is 5.95 Å². The van der Waals surface area contributed by atoms with Crippen molar-refractivity contribution in [3.63, 3.8) is 0 Å². The molecule has 1 fully saturated rings. The summed E-state index contributed by atoms with van der Waals surface area (Å²) in [7, 11) is 0. The summed E-state index contributed by atoms with van der Waals surface area (Å²) in [5, 5.41) is 3.24. The molecule has 0 amide bonds. The number of anilines is 1. The van der Waals surface area contributed by atoms with Crippen molar-refractivity contribution in [3.05, 3.63) is 60.7 Å². The first kappa shape index (κ1) is 19.1. The summed E-state index contributed by atoms with van der Waals surface area (Å²) in [5.41, 5.74) is 0. The summed E-state index contributed by atoms with van der Waals surface area (Å²) >= 11 is 0. The van der Waals surface area contributed by atoms with Crippen LogP contribution in [0.15, 0.2) is 60.7 Å². The van der Waals surface area contributed by atoms with Gasteiger partial charge in [-0.15, -0.1) is 4.98 Å². The van der Waals surface area contributed by atoms with Crippen LogP contribution in [-0.2, 0) is 4.74 Å². The van der Waals surface area contributed by atoms with Crippen LogP contribution >= 0.6 is 0 Å². The first-order valence-electron chi connectivity index (χ1n) is 9.61. The van der Waals surface area contributed by atoms with Gasteiger partial charge in [0.15, 0.2) is 0 Å². The molecule has 1 saturated heterocycles. The number of rotatable bonds is 8. The fourth-order valence-electron chi connectivity index (χ4n) is 2.85. The average Bonchev–Trinajstić information content (AvgIpc) is 2.76. The van der Waals surface area contributed by atoms with Crippen molar-refractivity contribution < 1.29 is 14.2 Å². The molecule has 1 aliphatic rings. The third-order valence-corrected chi connectivity index (χ3v) is 4.31. The Morgan fingerprint density at radius 2 is 1.34 bits per heavy atom. The molecule has 1 aromatic heterocycles. The Bertz CT molecular complexity index is 830. The molecule has 0 atom stereocenters. The summed E-state index contributed by atoms with van der Waals surface area (Å²) in [6.45, 7) is 4.98. The SMILES string of the molecule is c1ccc(Oc2nc(NCCN3CCOCC3)nc(Oc3ccccc3)n2)cc1. The predicted octanol–water partition coefficient (Wildman–Crippen LogP) is 3.20. The van der Waals surface area contributed by atoms with E-state index in [1.165, 1.54) is 0 Å². The maximum absolute atomic E-state index is 5.78. The van der Waals surface area contributed by atoms with Crippen molar-refractivity contribution in [2.45, 2.75) is 0 Å². The predicted molar refractivity (Wildman–Crippen MR) is 109 cm³/mol. The molecule has 2 heterocycles. The fourth-order valence-corrected chi connectivity index (χ4v) is 2.85. The number of hydrogen-bond acceptors (Lipinski definition) is 8. The minimum Gasteiger partial charge on any atom is -0.424 e. The fraction of sp³-hybridized carbons (Fsp3) is 0.286. The largest absolute Gasteiger partial charge is 0.424 e. The van der Waals surface area contributed by atoms with Gasteiger partial charge in [0.05, 0.1) is 13.2 Å². The van der Waals surface area contributed by atoms with Crippen LogP contribution in [-0.4, -0.2) is 59.2 Å². The highest BCUT2D eigenvalue weighted by atomic mass is 16.5. The van der Waals surface area contributed by atoms with Crippen molar-refractivity contribution in [2.24, 2.45) is 0 Å². The highest BCUT2D eigenvalue weighted by Crippen LogP contribution is 2.23. The number of ether oxygens (including phenoxy) is 3. The molecule has 3 aromatic rings. The van der Waals surface area contributed by atoms with Crippen molar-refractivity contribution in [1.29, 1.82) is 0 Å². The molecule has 29 heavy (non-hydrogen) atoms. The van der Waals surface area contributed by atoms with E-state index in [9.17, 15) is 0 Å². The maximum Gasteiger partial charge on any atom is 0.330 e. The van der Waals surface area contributed by atoms with Gasteiger partial charge in [-0.3, -0.25) is 4.90 Å². The van der Waals surface area contributed by atoms with Crippen molar-refractivity contribution in [1.82, 2.24) is 19.9 Å². The van der Waals surface area contributed by atoms with E-state index in [0.717, 1.165) is 32.8 Å². The lowest BCUT2D eigenvalue weighted by molar-refractivity contribution is 0.0398. The van der Waals surface area contributed by atoms with Crippen LogP contribution in [0.2, 0.25) is 0 Å². The Morgan fingerprint density at radius 3 is 1.90 bits per heavy atom. The molecule has 2 aromatic carbocycles. The Hall–Kier alpha value is -3.23. The van der Waals surface area contributed by atoms with Crippen LogP contribution in [0.25, 0.3) is 0 Å². The minimum atomic E-state index is 0.172. The monoisotopic (exact) mass is 393 g/mol. The van der Waals surface area contributed by atoms with Crippen LogP contribution in [0.3, 0.4) is 0 Å². The number of para-hydroxylation sites is 2. The lowest BCUT2D eigenvalue weighted by Crippen LogP contribution is -2.39. The first-order valence-corrected chi connectivity index (χ1v) is 9.61. The van der Waals surface area contributed by atoms with E-state index in [4.69, 9.17) is 14.2 Å². The third-order valence-electron chi connectivity index (χ3n) is 4.31. The molecular formula is C21H23N5O3. The van der Waals surface area contributed by atoms with Crippen LogP contribution in [0, 0.1) is 0 Å². The van der Waals surface area contributed by atoms with Gasteiger partial charge in [-0.25, -0.2) is 0 Å². The van der Waals surface area contributed by atoms with Gasteiger partial charge in [0.25, 0.3) is 0 Å². The van der Waals surface area contributed by atoms with Gasteiger partial charge in [-0.05, 0) is 24.3 Å². The second kappa shape index (κ2) is 9.81. The third kappa shape index (κ3) is 5.87. The van der Waals surface area contributed by atoms with Crippen LogP contribution in [0.4, 0.5) is 5.95 Å². The van der Waals surface area contributed by atoms with E-state index in [0.29, 0.717) is 24.0 Å². The van der Waals surface area contributed by atoms with E-state index < -0.39 is 0 Å². The summed E-state index contributed by atoms with van der Waals surface area (Å²) < 4.78 is 16.9. The molecule has 0 radical (unpaired) electrons. The first-order chi connectivity index (χ1) is 14.3. The molecule has 150 valence electrons. The van der Waals surface area contributed by atoms with Gasteiger partial charge in [0.1, 0.15) is 11.5 Å². The van der Waals surface area contributed by atoms with E-state index in [1.54, 1.807) is 0 Å². The minimum absolute atomic E-state index is 0.172. The van der Waals surface area contributed by atoms with Gasteiger partial charge in [-0.2, -0.15) is 9.97 Å². The molecule has 0 aliphatic carbocycles. The summed E-state index contributed by atoms with van der Waals surface area (Å²) in [5.74, 6) is 1.69. The number of nitrogens with one attached hydrogen (secondary N) is 1. The highest BCUT2D eigenvalue weighted by Gasteiger charge is 2.13. The standard InChI is InChI=1S/C21H23N5O3/c1-3-7-17(8-4-1)28-20-23-19(22-11-12-26-13-15-27-16-14-26)24-21(25-20)29-18-9-5-2-6-10-18/h1-10H,11-16H2,(H,22,23,24,25). The normalized spacial score (nSPS) is 14.3. The van der Waals surface area contributed by atoms with Crippen LogP contribution < -0.4 is 14.8 Å². The quantitative estimate of drug-likeness (QED) is 0.625. The summed E-state index contributed by atoms with van der Waals surface area (Å²) in [6, 6.07) is 19.1. The zero-order chi connectivity index (χ0) is 19.7. The lowest BCUT2D eigenvalue weighted by atomic mass is 10.3. The number of benzene rings is 2. The van der Waals surface area contributed by atoms with Gasteiger partial charge in [0, 0.05) is 26.2 Å². The lowest BCUT2D eigenvalue weighted by Gasteiger charge is -2.26. The van der Waals surface area contributed by atoms with Gasteiger partial charge < -0.3 is 19.5 Å². The number of aromatic nitrogens is 3. The Morgan fingerprint density at radius 1 is 0.793 bits per heavy atom. The smallest absolute Gasteiger partial charge is 0.330 e. The topological polar surface area (TPSA) is 81.6 Å². The highest BCUT2D eigenvalue weighted by molar-refractivity contribution is 5.32. The zero-order valence-electron chi connectivity index (χ0n) is 16.0. The molecule has 0 spiro atoms. The Kier molecular flexibility index (Phi) is 6.46. The van der Waals surface area contributed by atoms with Crippen LogP contribution in [0.5, 0.6) is 23.5 Å². The number of nitrogens with zero attached hydrogens (tertiary/aromatic N) is 4. The zero-order valence-corrected chi connectivity index (χ0v) is 16.0. The molecule has 0 saturated carbocycles. The molecule has 0 unspecified atom stereocenters. The molecule has 1 aliphatic heterocycles. The Labute approximate surface area is 169 Å². The molecule has 1 N–H and O–H groups in total. The van der Waals surface area contributed by atoms with Crippen molar-refractivity contribution in [3.8, 4) is 23.5 Å². The van der Waals surface area contributed by atoms with E-state index in [-0.39, 0.29) is 12.0 Å². The molecule has 0 bridgehead atoms. The van der Waals surface area contributed by atoms with Gasteiger partial charge in [0.2, 0.25) is 5.95 Å². The van der Waals surface area contributed by atoms with Gasteiger partial charge >= 0.3 is 12.0 Å². The van der Waals surface area contributed by atoms with E-state index >= 15 is 0 Å². The summed E-state index contributed by atoms with van der Waals surface area (Å²) in [6.07, 6.45) is 0. The van der Waals surface area contributed by atoms with E-state index in [1.807, 2.05) is 60.7 Å². The van der Waals surface area contributed by atoms with E-state index in [2.05, 4.69) is 25.2 Å². The van der Waals surface area contributed by atoms with Crippen molar-refractivity contribution in [2.75, 3.05) is 44.7 Å². The number of morpholine rings is 1. The summed E-state index contributed by atoms with van der Waals surface area (Å²) in [4.78, 5) is 15.4. The Balaban J connectivity index is 1.47. The molecular weight excluding hydrogens is 370 g/mol. The second-order valence-electron chi connectivity index (χ2n) is 6.44. The molecule has 4 rings (SSSR count). The molecule has 8 heteroatoms. The van der Waals surface area contributed by atoms with Gasteiger partial charge in [-0.1, -0.05) is 36.4 Å². The second-order valence-corrected chi connectivity index (χ2v) is 6.44. The number of hydrogen-bond donors (Lipinski definition) is 1. The van der Waals surface area contributed by atoms with Crippen LogP contribution in [0.1, 0.15) is 0 Å². The maximum atomic E-state index is 5.78. The average molecular weight is 393 g/mol. The molecule has 8 nitrogen and oxygen atoms in total.